The van der Waals surface area contributed by atoms with Crippen LogP contribution in [-0.2, 0) is 16.6 Å². The lowest BCUT2D eigenvalue weighted by Gasteiger charge is -2.05. The molecule has 25 heavy (non-hydrogen) atoms. The van der Waals surface area contributed by atoms with Crippen molar-refractivity contribution in [2.45, 2.75) is 18.4 Å². The van der Waals surface area contributed by atoms with Crippen molar-refractivity contribution in [3.63, 3.8) is 0 Å². The smallest absolute Gasteiger partial charge is 0.287 e. The molecule has 1 aromatic heterocycles. The zero-order valence-electron chi connectivity index (χ0n) is 13.2. The SMILES string of the molecule is Cc1c(C(=O)NCc2ccc(S(N)(=O)=O)cc2)oc2ccc(Br)cc12. The van der Waals surface area contributed by atoms with Gasteiger partial charge in [-0.15, -0.1) is 0 Å². The third-order valence-electron chi connectivity index (χ3n) is 3.81. The molecule has 0 bridgehead atoms. The molecule has 0 atom stereocenters. The van der Waals surface area contributed by atoms with Gasteiger partial charge in [-0.2, -0.15) is 0 Å². The van der Waals surface area contributed by atoms with E-state index in [0.717, 1.165) is 21.0 Å². The Morgan fingerprint density at radius 2 is 1.88 bits per heavy atom. The number of fused-ring (bicyclic) bond motifs is 1. The van der Waals surface area contributed by atoms with Crippen LogP contribution in [0.3, 0.4) is 0 Å². The summed E-state index contributed by atoms with van der Waals surface area (Å²) in [7, 11) is -3.72. The van der Waals surface area contributed by atoms with Gasteiger partial charge >= 0.3 is 0 Å². The number of hydrogen-bond donors (Lipinski definition) is 2. The van der Waals surface area contributed by atoms with Gasteiger partial charge in [0.25, 0.3) is 5.91 Å². The summed E-state index contributed by atoms with van der Waals surface area (Å²) in [6, 6.07) is 11.6. The molecule has 1 heterocycles. The molecule has 0 aliphatic rings. The van der Waals surface area contributed by atoms with Crippen molar-refractivity contribution in [3.05, 3.63) is 63.8 Å². The molecule has 0 spiro atoms. The molecule has 0 radical (unpaired) electrons. The quantitative estimate of drug-likeness (QED) is 0.673. The van der Waals surface area contributed by atoms with Crippen molar-refractivity contribution in [1.82, 2.24) is 5.32 Å². The third-order valence-corrected chi connectivity index (χ3v) is 5.23. The number of hydrogen-bond acceptors (Lipinski definition) is 4. The highest BCUT2D eigenvalue weighted by Gasteiger charge is 2.17. The van der Waals surface area contributed by atoms with E-state index in [1.807, 2.05) is 19.1 Å². The van der Waals surface area contributed by atoms with Gasteiger partial charge in [0.05, 0.1) is 4.90 Å². The summed E-state index contributed by atoms with van der Waals surface area (Å²) in [5, 5.41) is 8.69. The van der Waals surface area contributed by atoms with Crippen molar-refractivity contribution in [3.8, 4) is 0 Å². The molecular formula is C17H15BrN2O4S. The van der Waals surface area contributed by atoms with E-state index < -0.39 is 10.0 Å². The number of primary sulfonamides is 1. The molecule has 0 unspecified atom stereocenters. The summed E-state index contributed by atoms with van der Waals surface area (Å²) in [4.78, 5) is 12.4. The van der Waals surface area contributed by atoms with E-state index in [2.05, 4.69) is 21.2 Å². The van der Waals surface area contributed by atoms with Crippen LogP contribution < -0.4 is 10.5 Å². The van der Waals surface area contributed by atoms with Crippen LogP contribution >= 0.6 is 15.9 Å². The zero-order valence-corrected chi connectivity index (χ0v) is 15.6. The monoisotopic (exact) mass is 422 g/mol. The Morgan fingerprint density at radius 1 is 1.20 bits per heavy atom. The van der Waals surface area contributed by atoms with E-state index in [4.69, 9.17) is 9.56 Å². The minimum Gasteiger partial charge on any atom is -0.451 e. The van der Waals surface area contributed by atoms with Gasteiger partial charge in [0, 0.05) is 22.0 Å². The van der Waals surface area contributed by atoms with E-state index in [9.17, 15) is 13.2 Å². The molecule has 0 aliphatic carbocycles. The highest BCUT2D eigenvalue weighted by Crippen LogP contribution is 2.28. The Kier molecular flexibility index (Phi) is 4.68. The minimum absolute atomic E-state index is 0.0290. The average molecular weight is 423 g/mol. The molecule has 130 valence electrons. The van der Waals surface area contributed by atoms with Gasteiger partial charge in [-0.05, 0) is 42.8 Å². The number of sulfonamides is 1. The maximum absolute atomic E-state index is 12.4. The molecule has 0 fully saturated rings. The van der Waals surface area contributed by atoms with Crippen LogP contribution in [0.25, 0.3) is 11.0 Å². The van der Waals surface area contributed by atoms with Crippen LogP contribution in [0.5, 0.6) is 0 Å². The molecule has 6 nitrogen and oxygen atoms in total. The first kappa shape index (κ1) is 17.7. The maximum Gasteiger partial charge on any atom is 0.287 e. The fraction of sp³-hybridized carbons (Fsp3) is 0.118. The molecule has 2 aromatic carbocycles. The van der Waals surface area contributed by atoms with E-state index in [0.29, 0.717) is 5.58 Å². The number of nitrogens with two attached hydrogens (primary N) is 1. The van der Waals surface area contributed by atoms with Gasteiger partial charge in [-0.3, -0.25) is 4.79 Å². The zero-order chi connectivity index (χ0) is 18.2. The van der Waals surface area contributed by atoms with Gasteiger partial charge in [0.2, 0.25) is 10.0 Å². The summed E-state index contributed by atoms with van der Waals surface area (Å²) in [5.41, 5.74) is 2.15. The second-order valence-corrected chi connectivity index (χ2v) is 8.05. The van der Waals surface area contributed by atoms with Crippen LogP contribution in [0.2, 0.25) is 0 Å². The van der Waals surface area contributed by atoms with Crippen molar-refractivity contribution >= 4 is 42.8 Å². The number of benzene rings is 2. The number of amides is 1. The topological polar surface area (TPSA) is 102 Å². The van der Waals surface area contributed by atoms with Gasteiger partial charge in [-0.1, -0.05) is 28.1 Å². The van der Waals surface area contributed by atoms with E-state index in [-0.39, 0.29) is 23.1 Å². The Hall–Kier alpha value is -2.16. The summed E-state index contributed by atoms with van der Waals surface area (Å²) >= 11 is 3.40. The first-order chi connectivity index (χ1) is 11.8. The fourth-order valence-electron chi connectivity index (χ4n) is 2.47. The Morgan fingerprint density at radius 3 is 2.52 bits per heavy atom. The lowest BCUT2D eigenvalue weighted by atomic mass is 10.1. The highest BCUT2D eigenvalue weighted by atomic mass is 79.9. The van der Waals surface area contributed by atoms with Gasteiger partial charge in [-0.25, -0.2) is 13.6 Å². The first-order valence-electron chi connectivity index (χ1n) is 7.34. The van der Waals surface area contributed by atoms with Crippen LogP contribution in [-0.4, -0.2) is 14.3 Å². The number of nitrogens with one attached hydrogen (secondary N) is 1. The van der Waals surface area contributed by atoms with Crippen LogP contribution in [0, 0.1) is 6.92 Å². The number of halogens is 1. The summed E-state index contributed by atoms with van der Waals surface area (Å²) in [6.45, 7) is 2.07. The normalized spacial score (nSPS) is 11.6. The summed E-state index contributed by atoms with van der Waals surface area (Å²) in [6.07, 6.45) is 0. The summed E-state index contributed by atoms with van der Waals surface area (Å²) < 4.78 is 29.0. The van der Waals surface area contributed by atoms with Crippen molar-refractivity contribution in [1.29, 1.82) is 0 Å². The molecular weight excluding hydrogens is 408 g/mol. The second kappa shape index (κ2) is 6.62. The predicted molar refractivity (Wildman–Crippen MR) is 97.6 cm³/mol. The van der Waals surface area contributed by atoms with Crippen LogP contribution in [0.15, 0.2) is 56.2 Å². The maximum atomic E-state index is 12.4. The lowest BCUT2D eigenvalue weighted by molar-refractivity contribution is 0.0924. The van der Waals surface area contributed by atoms with E-state index in [1.165, 1.54) is 12.1 Å². The average Bonchev–Trinajstić information content (AvgIpc) is 2.89. The van der Waals surface area contributed by atoms with E-state index >= 15 is 0 Å². The van der Waals surface area contributed by atoms with Crippen molar-refractivity contribution in [2.75, 3.05) is 0 Å². The van der Waals surface area contributed by atoms with Gasteiger partial charge in [0.15, 0.2) is 5.76 Å². The first-order valence-corrected chi connectivity index (χ1v) is 9.68. The van der Waals surface area contributed by atoms with E-state index in [1.54, 1.807) is 18.2 Å². The Labute approximate surface area is 153 Å². The number of aryl methyl sites for hydroxylation is 1. The van der Waals surface area contributed by atoms with Crippen molar-refractivity contribution in [2.24, 2.45) is 5.14 Å². The molecule has 1 amide bonds. The van der Waals surface area contributed by atoms with Gasteiger partial charge in [0.1, 0.15) is 5.58 Å². The van der Waals surface area contributed by atoms with Crippen LogP contribution in [0.4, 0.5) is 0 Å². The fourth-order valence-corrected chi connectivity index (χ4v) is 3.35. The molecule has 0 aliphatic heterocycles. The third kappa shape index (κ3) is 3.76. The molecule has 3 rings (SSSR count). The lowest BCUT2D eigenvalue weighted by Crippen LogP contribution is -2.23. The predicted octanol–water partition coefficient (Wildman–Crippen LogP) is 3.08. The molecule has 0 saturated heterocycles. The standard InChI is InChI=1S/C17H15BrN2O4S/c1-10-14-8-12(18)4-7-15(14)24-16(10)17(21)20-9-11-2-5-13(6-3-11)25(19,22)23/h2-8H,9H2,1H3,(H,20,21)(H2,19,22,23). The largest absolute Gasteiger partial charge is 0.451 e. The Bertz CT molecular complexity index is 1060. The number of furan rings is 1. The second-order valence-electron chi connectivity index (χ2n) is 5.57. The van der Waals surface area contributed by atoms with Gasteiger partial charge < -0.3 is 9.73 Å². The van der Waals surface area contributed by atoms with Crippen LogP contribution in [0.1, 0.15) is 21.7 Å². The molecule has 8 heteroatoms. The summed E-state index contributed by atoms with van der Waals surface area (Å²) in [5.74, 6) is -0.0744. The Balaban J connectivity index is 1.76. The minimum atomic E-state index is -3.72. The molecule has 3 N–H and O–H groups in total. The highest BCUT2D eigenvalue weighted by molar-refractivity contribution is 9.10. The van der Waals surface area contributed by atoms with Crippen molar-refractivity contribution < 1.29 is 17.6 Å². The molecule has 0 saturated carbocycles. The number of rotatable bonds is 4. The molecule has 3 aromatic rings. The number of carbonyl (C=O) groups excluding carboxylic acids is 1. The number of carbonyl (C=O) groups is 1.